The molecule has 106 valence electrons. The van der Waals surface area contributed by atoms with Crippen molar-refractivity contribution in [2.45, 2.75) is 51.4 Å². The molecule has 5 nitrogen and oxygen atoms in total. The van der Waals surface area contributed by atoms with Gasteiger partial charge in [0.1, 0.15) is 6.10 Å². The van der Waals surface area contributed by atoms with E-state index in [1.165, 1.54) is 11.3 Å². The van der Waals surface area contributed by atoms with Gasteiger partial charge in [0.2, 0.25) is 0 Å². The first-order valence-electron chi connectivity index (χ1n) is 6.59. The monoisotopic (exact) mass is 284 g/mol. The molecule has 6 heteroatoms. The van der Waals surface area contributed by atoms with Crippen LogP contribution in [0, 0.1) is 0 Å². The second kappa shape index (κ2) is 6.45. The van der Waals surface area contributed by atoms with Crippen LogP contribution in [-0.2, 0) is 15.9 Å². The van der Waals surface area contributed by atoms with Crippen molar-refractivity contribution in [3.05, 3.63) is 16.1 Å². The van der Waals surface area contributed by atoms with Gasteiger partial charge in [-0.15, -0.1) is 11.3 Å². The predicted molar refractivity (Wildman–Crippen MR) is 73.3 cm³/mol. The number of hydrogen-bond acceptors (Lipinski definition) is 6. The molecule has 2 rings (SSSR count). The molecule has 0 aliphatic carbocycles. The molecule has 0 bridgehead atoms. The predicted octanol–water partition coefficient (Wildman–Crippen LogP) is 1.76. The fourth-order valence-electron chi connectivity index (χ4n) is 2.30. The zero-order chi connectivity index (χ0) is 13.8. The van der Waals surface area contributed by atoms with E-state index in [0.29, 0.717) is 18.7 Å². The maximum atomic E-state index is 12.0. The molecule has 1 fully saturated rings. The number of thiazole rings is 1. The van der Waals surface area contributed by atoms with Crippen molar-refractivity contribution in [2.75, 3.05) is 6.54 Å². The summed E-state index contributed by atoms with van der Waals surface area (Å²) in [6, 6.07) is 0. The molecule has 2 N–H and O–H groups in total. The average molecular weight is 284 g/mol. The third-order valence-electron chi connectivity index (χ3n) is 3.05. The van der Waals surface area contributed by atoms with Gasteiger partial charge >= 0.3 is 5.97 Å². The standard InChI is InChI=1S/C13H20N2O3S/c1-8-5-10(6-9(2)17-8)18-13(16)11-7-19-12(15-11)3-4-14/h7-10H,3-6,14H2,1-2H3. The van der Waals surface area contributed by atoms with E-state index in [1.807, 2.05) is 13.8 Å². The summed E-state index contributed by atoms with van der Waals surface area (Å²) in [5, 5.41) is 2.61. The van der Waals surface area contributed by atoms with Gasteiger partial charge in [-0.25, -0.2) is 9.78 Å². The smallest absolute Gasteiger partial charge is 0.358 e. The zero-order valence-electron chi connectivity index (χ0n) is 11.3. The minimum absolute atomic E-state index is 0.0779. The SMILES string of the molecule is CC1CC(OC(=O)c2csc(CCN)n2)CC(C)O1. The van der Waals surface area contributed by atoms with E-state index in [9.17, 15) is 4.79 Å². The summed E-state index contributed by atoms with van der Waals surface area (Å²) in [4.78, 5) is 16.2. The Kier molecular flexibility index (Phi) is 4.90. The number of nitrogens with two attached hydrogens (primary N) is 1. The molecule has 0 amide bonds. The van der Waals surface area contributed by atoms with Crippen molar-refractivity contribution in [3.63, 3.8) is 0 Å². The summed E-state index contributed by atoms with van der Waals surface area (Å²) in [6.07, 6.45) is 2.37. The number of carbonyl (C=O) groups excluding carboxylic acids is 1. The van der Waals surface area contributed by atoms with Crippen molar-refractivity contribution in [1.29, 1.82) is 0 Å². The Morgan fingerprint density at radius 3 is 2.84 bits per heavy atom. The number of nitrogens with zero attached hydrogens (tertiary/aromatic N) is 1. The molecule has 0 spiro atoms. The Labute approximate surface area is 117 Å². The van der Waals surface area contributed by atoms with E-state index in [1.54, 1.807) is 5.38 Å². The number of hydrogen-bond donors (Lipinski definition) is 1. The first kappa shape index (κ1) is 14.4. The summed E-state index contributed by atoms with van der Waals surface area (Å²) in [5.74, 6) is -0.342. The highest BCUT2D eigenvalue weighted by molar-refractivity contribution is 7.09. The minimum atomic E-state index is -0.342. The third-order valence-corrected chi connectivity index (χ3v) is 3.96. The molecule has 0 saturated carbocycles. The highest BCUT2D eigenvalue weighted by Gasteiger charge is 2.28. The third kappa shape index (κ3) is 3.99. The lowest BCUT2D eigenvalue weighted by Gasteiger charge is -2.31. The summed E-state index contributed by atoms with van der Waals surface area (Å²) < 4.78 is 11.1. The van der Waals surface area contributed by atoms with Crippen LogP contribution >= 0.6 is 11.3 Å². The van der Waals surface area contributed by atoms with E-state index in [2.05, 4.69) is 4.98 Å². The van der Waals surface area contributed by atoms with E-state index in [4.69, 9.17) is 15.2 Å². The van der Waals surface area contributed by atoms with Crippen molar-refractivity contribution in [2.24, 2.45) is 5.73 Å². The lowest BCUT2D eigenvalue weighted by molar-refractivity contribution is -0.0856. The molecule has 1 aliphatic heterocycles. The Balaban J connectivity index is 1.92. The van der Waals surface area contributed by atoms with Crippen LogP contribution in [0.3, 0.4) is 0 Å². The fraction of sp³-hybridized carbons (Fsp3) is 0.692. The molecule has 19 heavy (non-hydrogen) atoms. The number of aromatic nitrogens is 1. The van der Waals surface area contributed by atoms with Crippen LogP contribution in [0.25, 0.3) is 0 Å². The van der Waals surface area contributed by atoms with Crippen molar-refractivity contribution in [1.82, 2.24) is 4.98 Å². The Hall–Kier alpha value is -0.980. The van der Waals surface area contributed by atoms with Crippen LogP contribution in [0.5, 0.6) is 0 Å². The minimum Gasteiger partial charge on any atom is -0.457 e. The van der Waals surface area contributed by atoms with Gasteiger partial charge in [0.05, 0.1) is 17.2 Å². The van der Waals surface area contributed by atoms with Gasteiger partial charge in [-0.2, -0.15) is 0 Å². The second-order valence-electron chi connectivity index (χ2n) is 4.92. The quantitative estimate of drug-likeness (QED) is 0.853. The van der Waals surface area contributed by atoms with Crippen LogP contribution in [0.1, 0.15) is 42.2 Å². The Morgan fingerprint density at radius 1 is 1.53 bits per heavy atom. The fourth-order valence-corrected chi connectivity index (χ4v) is 3.08. The van der Waals surface area contributed by atoms with Crippen molar-refractivity contribution in [3.8, 4) is 0 Å². The van der Waals surface area contributed by atoms with Crippen LogP contribution in [0.2, 0.25) is 0 Å². The lowest BCUT2D eigenvalue weighted by Crippen LogP contribution is -2.35. The molecule has 1 aliphatic rings. The first-order valence-corrected chi connectivity index (χ1v) is 7.47. The van der Waals surface area contributed by atoms with E-state index < -0.39 is 0 Å². The van der Waals surface area contributed by atoms with E-state index in [-0.39, 0.29) is 24.3 Å². The van der Waals surface area contributed by atoms with Crippen LogP contribution in [0.4, 0.5) is 0 Å². The molecule has 1 aromatic rings. The zero-order valence-corrected chi connectivity index (χ0v) is 12.1. The largest absolute Gasteiger partial charge is 0.457 e. The first-order chi connectivity index (χ1) is 9.08. The van der Waals surface area contributed by atoms with Crippen LogP contribution in [0.15, 0.2) is 5.38 Å². The molecule has 1 aromatic heterocycles. The van der Waals surface area contributed by atoms with Crippen molar-refractivity contribution >= 4 is 17.3 Å². The topological polar surface area (TPSA) is 74.4 Å². The van der Waals surface area contributed by atoms with Gasteiger partial charge in [-0.1, -0.05) is 0 Å². The summed E-state index contributed by atoms with van der Waals surface area (Å²) in [5.41, 5.74) is 5.85. The van der Waals surface area contributed by atoms with Gasteiger partial charge in [0.15, 0.2) is 5.69 Å². The van der Waals surface area contributed by atoms with Gasteiger partial charge in [-0.3, -0.25) is 0 Å². The molecule has 2 unspecified atom stereocenters. The second-order valence-corrected chi connectivity index (χ2v) is 5.86. The number of carbonyl (C=O) groups is 1. The van der Waals surface area contributed by atoms with Crippen LogP contribution < -0.4 is 5.73 Å². The Morgan fingerprint density at radius 2 is 2.21 bits per heavy atom. The summed E-state index contributed by atoms with van der Waals surface area (Å²) >= 11 is 1.45. The normalized spacial score (nSPS) is 27.2. The van der Waals surface area contributed by atoms with E-state index >= 15 is 0 Å². The molecule has 1 saturated heterocycles. The van der Waals surface area contributed by atoms with Crippen LogP contribution in [-0.4, -0.2) is 35.8 Å². The lowest BCUT2D eigenvalue weighted by atomic mass is 10.0. The van der Waals surface area contributed by atoms with Crippen molar-refractivity contribution < 1.29 is 14.3 Å². The Bertz CT molecular complexity index is 425. The van der Waals surface area contributed by atoms with E-state index in [0.717, 1.165) is 17.8 Å². The molecular weight excluding hydrogens is 264 g/mol. The average Bonchev–Trinajstić information content (AvgIpc) is 2.76. The maximum absolute atomic E-state index is 12.0. The van der Waals surface area contributed by atoms with Gasteiger partial charge in [0.25, 0.3) is 0 Å². The number of ether oxygens (including phenoxy) is 2. The molecule has 2 heterocycles. The molecule has 2 atom stereocenters. The molecule has 0 radical (unpaired) electrons. The summed E-state index contributed by atoms with van der Waals surface area (Å²) in [7, 11) is 0. The van der Waals surface area contributed by atoms with Gasteiger partial charge in [0, 0.05) is 24.6 Å². The highest BCUT2D eigenvalue weighted by Crippen LogP contribution is 2.23. The summed E-state index contributed by atoms with van der Waals surface area (Å²) in [6.45, 7) is 4.54. The molecule has 0 aromatic carbocycles. The highest BCUT2D eigenvalue weighted by atomic mass is 32.1. The maximum Gasteiger partial charge on any atom is 0.358 e. The number of rotatable bonds is 4. The van der Waals surface area contributed by atoms with Gasteiger partial charge < -0.3 is 15.2 Å². The van der Waals surface area contributed by atoms with Gasteiger partial charge in [-0.05, 0) is 20.4 Å². The number of esters is 1. The molecular formula is C13H20N2O3S.